The minimum absolute atomic E-state index is 0.593. The van der Waals surface area contributed by atoms with Crippen LogP contribution in [0.1, 0.15) is 31.4 Å². The van der Waals surface area contributed by atoms with E-state index in [9.17, 15) is 0 Å². The van der Waals surface area contributed by atoms with Crippen LogP contribution in [-0.2, 0) is 0 Å². The molecule has 1 aliphatic carbocycles. The molecule has 1 aliphatic heterocycles. The van der Waals surface area contributed by atoms with Gasteiger partial charge in [0, 0.05) is 22.7 Å². The lowest BCUT2D eigenvalue weighted by molar-refractivity contribution is 0.404. The zero-order valence-corrected chi connectivity index (χ0v) is 9.89. The Hall–Kier alpha value is -0.470. The van der Waals surface area contributed by atoms with Gasteiger partial charge in [0.15, 0.2) is 0 Å². The lowest BCUT2D eigenvalue weighted by Gasteiger charge is -2.31. The molecule has 2 atom stereocenters. The maximum Gasteiger partial charge on any atom is 0.0367 e. The van der Waals surface area contributed by atoms with E-state index in [2.05, 4.69) is 36.5 Å². The number of fused-ring (bicyclic) bond motifs is 1. The van der Waals surface area contributed by atoms with Gasteiger partial charge in [-0.05, 0) is 30.4 Å². The van der Waals surface area contributed by atoms with Crippen molar-refractivity contribution in [3.63, 3.8) is 0 Å². The molecule has 1 aromatic rings. The summed E-state index contributed by atoms with van der Waals surface area (Å²) in [5.74, 6) is 2.01. The highest BCUT2D eigenvalue weighted by Gasteiger charge is 2.31. The molecule has 1 nitrogen and oxygen atoms in total. The van der Waals surface area contributed by atoms with Gasteiger partial charge in [-0.3, -0.25) is 0 Å². The Morgan fingerprint density at radius 2 is 2.07 bits per heavy atom. The summed E-state index contributed by atoms with van der Waals surface area (Å²) in [7, 11) is 0. The summed E-state index contributed by atoms with van der Waals surface area (Å²) in [6, 6.07) is 10.3. The van der Waals surface area contributed by atoms with Crippen LogP contribution in [0, 0.1) is 5.92 Å². The maximum atomic E-state index is 3.79. The van der Waals surface area contributed by atoms with Gasteiger partial charge in [0.05, 0.1) is 0 Å². The first kappa shape index (κ1) is 9.73. The Morgan fingerprint density at radius 3 is 2.87 bits per heavy atom. The van der Waals surface area contributed by atoms with Crippen molar-refractivity contribution in [1.29, 1.82) is 0 Å². The number of hydrogen-bond donors (Lipinski definition) is 1. The van der Waals surface area contributed by atoms with Crippen LogP contribution in [0.5, 0.6) is 0 Å². The predicted molar refractivity (Wildman–Crippen MR) is 65.2 cm³/mol. The number of benzene rings is 1. The summed E-state index contributed by atoms with van der Waals surface area (Å²) in [5.41, 5.74) is 1.52. The molecule has 15 heavy (non-hydrogen) atoms. The fraction of sp³-hybridized carbons (Fsp3) is 0.538. The quantitative estimate of drug-likeness (QED) is 0.819. The van der Waals surface area contributed by atoms with Gasteiger partial charge in [-0.1, -0.05) is 25.1 Å². The van der Waals surface area contributed by atoms with Gasteiger partial charge in [-0.15, -0.1) is 11.8 Å². The molecule has 0 radical (unpaired) electrons. The highest BCUT2D eigenvalue weighted by molar-refractivity contribution is 7.99. The fourth-order valence-electron chi connectivity index (χ4n) is 2.25. The first-order chi connectivity index (χ1) is 7.34. The molecule has 3 rings (SSSR count). The van der Waals surface area contributed by atoms with E-state index in [1.807, 2.05) is 11.8 Å². The molecule has 1 aromatic carbocycles. The molecular formula is C13H17NS. The molecule has 0 aromatic heterocycles. The first-order valence-electron chi connectivity index (χ1n) is 5.82. The van der Waals surface area contributed by atoms with E-state index in [1.165, 1.54) is 29.1 Å². The van der Waals surface area contributed by atoms with Crippen molar-refractivity contribution in [2.45, 2.75) is 36.7 Å². The molecule has 2 aliphatic rings. The van der Waals surface area contributed by atoms with Crippen molar-refractivity contribution in [3.05, 3.63) is 29.8 Å². The largest absolute Gasteiger partial charge is 0.307 e. The Morgan fingerprint density at radius 1 is 1.27 bits per heavy atom. The van der Waals surface area contributed by atoms with Gasteiger partial charge < -0.3 is 5.32 Å². The average molecular weight is 219 g/mol. The summed E-state index contributed by atoms with van der Waals surface area (Å²) in [6.07, 6.45) is 2.75. The first-order valence-corrected chi connectivity index (χ1v) is 6.81. The average Bonchev–Trinajstić information content (AvgIpc) is 3.06. The molecule has 1 N–H and O–H groups in total. The number of thioether (sulfide) groups is 1. The van der Waals surface area contributed by atoms with E-state index in [-0.39, 0.29) is 0 Å². The van der Waals surface area contributed by atoms with Crippen LogP contribution in [0.25, 0.3) is 0 Å². The van der Waals surface area contributed by atoms with E-state index in [4.69, 9.17) is 0 Å². The van der Waals surface area contributed by atoms with Crippen LogP contribution in [0.4, 0.5) is 0 Å². The minimum Gasteiger partial charge on any atom is -0.307 e. The van der Waals surface area contributed by atoms with Crippen molar-refractivity contribution in [2.75, 3.05) is 5.75 Å². The SMILES string of the molecule is CC1CSc2ccccc2C1NC1CC1. The second-order valence-corrected chi connectivity index (χ2v) is 5.81. The van der Waals surface area contributed by atoms with E-state index >= 15 is 0 Å². The Bertz CT molecular complexity index is 359. The molecule has 0 saturated heterocycles. The summed E-state index contributed by atoms with van der Waals surface area (Å²) in [6.45, 7) is 2.36. The van der Waals surface area contributed by atoms with Crippen LogP contribution in [0.2, 0.25) is 0 Å². The van der Waals surface area contributed by atoms with Crippen LogP contribution < -0.4 is 5.32 Å². The van der Waals surface area contributed by atoms with Crippen molar-refractivity contribution in [1.82, 2.24) is 5.32 Å². The van der Waals surface area contributed by atoms with Crippen LogP contribution in [0.15, 0.2) is 29.2 Å². The maximum absolute atomic E-state index is 3.79. The number of rotatable bonds is 2. The smallest absolute Gasteiger partial charge is 0.0367 e. The van der Waals surface area contributed by atoms with Crippen LogP contribution in [0.3, 0.4) is 0 Å². The fourth-order valence-corrected chi connectivity index (χ4v) is 3.42. The molecular weight excluding hydrogens is 202 g/mol. The second-order valence-electron chi connectivity index (χ2n) is 4.74. The zero-order chi connectivity index (χ0) is 10.3. The molecule has 80 valence electrons. The van der Waals surface area contributed by atoms with Crippen molar-refractivity contribution < 1.29 is 0 Å². The van der Waals surface area contributed by atoms with E-state index in [0.717, 1.165) is 12.0 Å². The molecule has 0 spiro atoms. The van der Waals surface area contributed by atoms with Crippen LogP contribution in [-0.4, -0.2) is 11.8 Å². The van der Waals surface area contributed by atoms with Gasteiger partial charge >= 0.3 is 0 Å². The third kappa shape index (κ3) is 1.93. The third-order valence-corrected chi connectivity index (χ3v) is 4.69. The molecule has 2 heteroatoms. The second kappa shape index (κ2) is 3.84. The summed E-state index contributed by atoms with van der Waals surface area (Å²) < 4.78 is 0. The van der Waals surface area contributed by atoms with Gasteiger partial charge in [0.1, 0.15) is 0 Å². The molecule has 0 amide bonds. The van der Waals surface area contributed by atoms with Gasteiger partial charge in [0.2, 0.25) is 0 Å². The van der Waals surface area contributed by atoms with E-state index < -0.39 is 0 Å². The van der Waals surface area contributed by atoms with Crippen molar-refractivity contribution in [3.8, 4) is 0 Å². The van der Waals surface area contributed by atoms with Crippen LogP contribution >= 0.6 is 11.8 Å². The highest BCUT2D eigenvalue weighted by atomic mass is 32.2. The number of nitrogens with one attached hydrogen (secondary N) is 1. The minimum atomic E-state index is 0.593. The summed E-state index contributed by atoms with van der Waals surface area (Å²) in [5, 5.41) is 3.79. The van der Waals surface area contributed by atoms with Gasteiger partial charge in [0.25, 0.3) is 0 Å². The number of hydrogen-bond acceptors (Lipinski definition) is 2. The normalized spacial score (nSPS) is 29.9. The van der Waals surface area contributed by atoms with Gasteiger partial charge in [-0.25, -0.2) is 0 Å². The third-order valence-electron chi connectivity index (χ3n) is 3.32. The van der Waals surface area contributed by atoms with Gasteiger partial charge in [-0.2, -0.15) is 0 Å². The lowest BCUT2D eigenvalue weighted by atomic mass is 9.95. The Labute approximate surface area is 95.6 Å². The molecule has 2 unspecified atom stereocenters. The monoisotopic (exact) mass is 219 g/mol. The molecule has 0 bridgehead atoms. The van der Waals surface area contributed by atoms with E-state index in [1.54, 1.807) is 0 Å². The molecule has 1 saturated carbocycles. The Balaban J connectivity index is 1.90. The topological polar surface area (TPSA) is 12.0 Å². The zero-order valence-electron chi connectivity index (χ0n) is 9.07. The standard InChI is InChI=1S/C13H17NS/c1-9-8-15-12-5-3-2-4-11(12)13(9)14-10-6-7-10/h2-5,9-10,13-14H,6-8H2,1H3. The highest BCUT2D eigenvalue weighted by Crippen LogP contribution is 2.40. The van der Waals surface area contributed by atoms with Crippen molar-refractivity contribution in [2.24, 2.45) is 5.92 Å². The molecule has 1 heterocycles. The lowest BCUT2D eigenvalue weighted by Crippen LogP contribution is -2.32. The summed E-state index contributed by atoms with van der Waals surface area (Å²) >= 11 is 2.01. The molecule has 1 fully saturated rings. The Kier molecular flexibility index (Phi) is 2.49. The van der Waals surface area contributed by atoms with Crippen molar-refractivity contribution >= 4 is 11.8 Å². The summed E-state index contributed by atoms with van der Waals surface area (Å²) in [4.78, 5) is 1.48. The predicted octanol–water partition coefficient (Wildman–Crippen LogP) is 3.22. The van der Waals surface area contributed by atoms with E-state index in [0.29, 0.717) is 6.04 Å².